The summed E-state index contributed by atoms with van der Waals surface area (Å²) in [6.45, 7) is 13.4. The summed E-state index contributed by atoms with van der Waals surface area (Å²) in [6, 6.07) is 25.1. The highest BCUT2D eigenvalue weighted by Crippen LogP contribution is 2.47. The number of carbonyl (C=O) groups excluding carboxylic acids is 2. The van der Waals surface area contributed by atoms with Crippen molar-refractivity contribution in [2.75, 3.05) is 23.3 Å². The fraction of sp³-hybridized carbons (Fsp3) is 0.455. The minimum atomic E-state index is -1.06. The van der Waals surface area contributed by atoms with Gasteiger partial charge in [-0.3, -0.25) is 14.6 Å². The molecule has 0 bridgehead atoms. The third-order valence-corrected chi connectivity index (χ3v) is 11.2. The van der Waals surface area contributed by atoms with Gasteiger partial charge in [-0.1, -0.05) is 69.3 Å². The van der Waals surface area contributed by atoms with Crippen LogP contribution in [0, 0.1) is 0 Å². The maximum Gasteiger partial charge on any atom is 0.410 e. The molecule has 4 heterocycles. The third kappa shape index (κ3) is 8.21. The van der Waals surface area contributed by atoms with Gasteiger partial charge in [0.05, 0.1) is 30.0 Å². The Balaban J connectivity index is 1.10. The van der Waals surface area contributed by atoms with Crippen LogP contribution in [-0.4, -0.2) is 67.7 Å². The molecule has 11 heteroatoms. The molecule has 3 aliphatic rings. The van der Waals surface area contributed by atoms with Crippen LogP contribution in [0.1, 0.15) is 121 Å². The molecular formula is C44H54N6O5. The van der Waals surface area contributed by atoms with Gasteiger partial charge in [-0.15, -0.1) is 0 Å². The largest absolute Gasteiger partial charge is 0.465 e. The zero-order valence-electron chi connectivity index (χ0n) is 32.8. The van der Waals surface area contributed by atoms with E-state index in [1.807, 2.05) is 39.1 Å². The molecule has 0 radical (unpaired) electrons. The average molecular weight is 747 g/mol. The first-order chi connectivity index (χ1) is 26.2. The molecule has 4 atom stereocenters. The number of ether oxygens (including phenoxy) is 1. The predicted molar refractivity (Wildman–Crippen MR) is 214 cm³/mol. The zero-order valence-corrected chi connectivity index (χ0v) is 32.8. The molecule has 3 N–H and O–H groups in total. The topological polar surface area (TPSA) is 131 Å². The second-order valence-electron chi connectivity index (χ2n) is 17.2. The summed E-state index contributed by atoms with van der Waals surface area (Å²) >= 11 is 0. The number of hydrogen-bond acceptors (Lipinski definition) is 6. The van der Waals surface area contributed by atoms with Gasteiger partial charge in [0.15, 0.2) is 0 Å². The monoisotopic (exact) mass is 746 g/mol. The molecule has 11 nitrogen and oxygen atoms in total. The number of nitrogens with one attached hydrogen (secondary N) is 2. The Morgan fingerprint density at radius 3 is 1.96 bits per heavy atom. The zero-order chi connectivity index (χ0) is 39.1. The van der Waals surface area contributed by atoms with Crippen molar-refractivity contribution in [2.24, 2.45) is 0 Å². The SMILES string of the molecule is CC(C)(C)OC(=O)N1CCC[C@H]1c1ncc(-c2ccc(C3CCC(c4ccc(NC(=O)C5CCCN5C(=O)O)cc4)N3c3ccc(C(C)(C)C)cc3)cc2)[nH]1. The van der Waals surface area contributed by atoms with Crippen LogP contribution in [0.15, 0.2) is 79.0 Å². The van der Waals surface area contributed by atoms with E-state index in [-0.39, 0.29) is 35.5 Å². The number of aromatic nitrogens is 2. The predicted octanol–water partition coefficient (Wildman–Crippen LogP) is 9.61. The summed E-state index contributed by atoms with van der Waals surface area (Å²) in [5.74, 6) is 0.488. The quantitative estimate of drug-likeness (QED) is 0.172. The molecule has 7 rings (SSSR count). The first-order valence-corrected chi connectivity index (χ1v) is 19.6. The molecule has 3 unspecified atom stereocenters. The number of H-pyrrole nitrogens is 1. The van der Waals surface area contributed by atoms with Crippen molar-refractivity contribution < 1.29 is 24.2 Å². The van der Waals surface area contributed by atoms with Gasteiger partial charge in [0.1, 0.15) is 17.5 Å². The summed E-state index contributed by atoms with van der Waals surface area (Å²) in [4.78, 5) is 51.3. The van der Waals surface area contributed by atoms with Crippen LogP contribution < -0.4 is 10.2 Å². The van der Waals surface area contributed by atoms with Gasteiger partial charge in [0.2, 0.25) is 5.91 Å². The van der Waals surface area contributed by atoms with Gasteiger partial charge in [-0.05, 0) is 111 Å². The lowest BCUT2D eigenvalue weighted by Gasteiger charge is -2.34. The molecule has 3 amide bonds. The van der Waals surface area contributed by atoms with Crippen LogP contribution >= 0.6 is 0 Å². The van der Waals surface area contributed by atoms with Crippen LogP contribution in [0.4, 0.5) is 21.0 Å². The first kappa shape index (κ1) is 38.0. The molecule has 3 aliphatic heterocycles. The van der Waals surface area contributed by atoms with Crippen molar-refractivity contribution in [3.05, 3.63) is 102 Å². The number of imidazole rings is 1. The average Bonchev–Trinajstić information content (AvgIpc) is 3.97. The Bertz CT molecular complexity index is 1990. The molecule has 4 aromatic rings. The normalized spacial score (nSPS) is 21.6. The number of hydrogen-bond donors (Lipinski definition) is 3. The Morgan fingerprint density at radius 1 is 0.764 bits per heavy atom. The summed E-state index contributed by atoms with van der Waals surface area (Å²) in [5, 5.41) is 12.5. The number of nitrogens with zero attached hydrogens (tertiary/aromatic N) is 4. The lowest BCUT2D eigenvalue weighted by molar-refractivity contribution is -0.119. The number of likely N-dealkylation sites (tertiary alicyclic amines) is 2. The van der Waals surface area contributed by atoms with Crippen molar-refractivity contribution in [1.29, 1.82) is 0 Å². The number of rotatable bonds is 7. The van der Waals surface area contributed by atoms with Gasteiger partial charge < -0.3 is 25.0 Å². The van der Waals surface area contributed by atoms with Gasteiger partial charge in [-0.2, -0.15) is 0 Å². The maximum atomic E-state index is 13.0. The number of benzene rings is 3. The molecule has 55 heavy (non-hydrogen) atoms. The minimum absolute atomic E-state index is 0.0384. The summed E-state index contributed by atoms with van der Waals surface area (Å²) < 4.78 is 5.68. The molecule has 0 saturated carbocycles. The van der Waals surface area contributed by atoms with Gasteiger partial charge in [0.25, 0.3) is 0 Å². The van der Waals surface area contributed by atoms with Gasteiger partial charge in [0, 0.05) is 24.5 Å². The smallest absolute Gasteiger partial charge is 0.410 e. The van der Waals surface area contributed by atoms with E-state index in [0.717, 1.165) is 54.0 Å². The van der Waals surface area contributed by atoms with Crippen molar-refractivity contribution in [3.63, 3.8) is 0 Å². The van der Waals surface area contributed by atoms with Crippen molar-refractivity contribution in [1.82, 2.24) is 19.8 Å². The highest BCUT2D eigenvalue weighted by Gasteiger charge is 2.38. The Morgan fingerprint density at radius 2 is 1.36 bits per heavy atom. The second-order valence-corrected chi connectivity index (χ2v) is 17.2. The Labute approximate surface area is 324 Å². The minimum Gasteiger partial charge on any atom is -0.465 e. The van der Waals surface area contributed by atoms with Gasteiger partial charge >= 0.3 is 12.2 Å². The Hall–Kier alpha value is -5.32. The lowest BCUT2D eigenvalue weighted by atomic mass is 9.87. The molecule has 0 spiro atoms. The number of anilines is 2. The maximum absolute atomic E-state index is 13.0. The molecule has 3 saturated heterocycles. The second kappa shape index (κ2) is 15.1. The number of aromatic amines is 1. The van der Waals surface area contributed by atoms with E-state index in [2.05, 4.69) is 96.6 Å². The van der Waals surface area contributed by atoms with Crippen molar-refractivity contribution in [2.45, 2.75) is 115 Å². The molecule has 3 aromatic carbocycles. The van der Waals surface area contributed by atoms with Gasteiger partial charge in [-0.25, -0.2) is 14.6 Å². The fourth-order valence-electron chi connectivity index (χ4n) is 8.37. The third-order valence-electron chi connectivity index (χ3n) is 11.2. The summed E-state index contributed by atoms with van der Waals surface area (Å²) in [5.41, 5.74) is 6.89. The van der Waals surface area contributed by atoms with Crippen LogP contribution in [0.3, 0.4) is 0 Å². The molecule has 0 aliphatic carbocycles. The lowest BCUT2D eigenvalue weighted by Crippen LogP contribution is -2.42. The summed E-state index contributed by atoms with van der Waals surface area (Å²) in [6.07, 6.45) is 5.36. The first-order valence-electron chi connectivity index (χ1n) is 19.6. The number of carbonyl (C=O) groups is 3. The van der Waals surface area contributed by atoms with Crippen molar-refractivity contribution in [3.8, 4) is 11.3 Å². The van der Waals surface area contributed by atoms with E-state index >= 15 is 0 Å². The van der Waals surface area contributed by atoms with E-state index in [9.17, 15) is 19.5 Å². The molecule has 3 fully saturated rings. The van der Waals surface area contributed by atoms with Crippen LogP contribution in [0.2, 0.25) is 0 Å². The molecule has 290 valence electrons. The van der Waals surface area contributed by atoms with E-state index < -0.39 is 17.7 Å². The number of amides is 3. The van der Waals surface area contributed by atoms with Crippen LogP contribution in [0.25, 0.3) is 11.3 Å². The molecule has 1 aromatic heterocycles. The van der Waals surface area contributed by atoms with Crippen LogP contribution in [0.5, 0.6) is 0 Å². The summed E-state index contributed by atoms with van der Waals surface area (Å²) in [7, 11) is 0. The van der Waals surface area contributed by atoms with Crippen LogP contribution in [-0.2, 0) is 14.9 Å². The van der Waals surface area contributed by atoms with E-state index in [0.29, 0.717) is 31.6 Å². The fourth-order valence-corrected chi connectivity index (χ4v) is 8.37. The standard InChI is InChI=1S/C44H54N6O5/c1-43(2,3)31-17-21-33(22-18-31)50-35(23-24-36(50)30-15-19-32(20-16-30)46-40(51)38-10-8-25-48(38)41(52)53)29-13-11-28(12-14-29)34-27-45-39(47-34)37-9-7-26-49(37)42(54)55-44(4,5)6/h11-22,27,35-38H,7-10,23-26H2,1-6H3,(H,45,47)(H,46,51)(H,52,53)/t35?,36?,37-,38?/m0/s1. The van der Waals surface area contributed by atoms with E-state index in [1.54, 1.807) is 4.90 Å². The highest BCUT2D eigenvalue weighted by atomic mass is 16.6. The number of carboxylic acid groups (broad SMARTS) is 1. The highest BCUT2D eigenvalue weighted by molar-refractivity contribution is 5.96. The van der Waals surface area contributed by atoms with Crippen molar-refractivity contribution >= 4 is 29.5 Å². The van der Waals surface area contributed by atoms with E-state index in [1.165, 1.54) is 16.0 Å². The molecular weight excluding hydrogens is 693 g/mol. The Kier molecular flexibility index (Phi) is 10.4. The van der Waals surface area contributed by atoms with E-state index in [4.69, 9.17) is 9.72 Å².